The maximum absolute atomic E-state index is 13.2. The minimum absolute atomic E-state index is 0.0631. The van der Waals surface area contributed by atoms with Gasteiger partial charge in [0.2, 0.25) is 10.0 Å². The van der Waals surface area contributed by atoms with Crippen LogP contribution in [0.5, 0.6) is 0 Å². The molecule has 2 aliphatic rings. The number of hydrogen-bond acceptors (Lipinski definition) is 2. The lowest BCUT2D eigenvalue weighted by molar-refractivity contribution is 0.402. The molecule has 0 bridgehead atoms. The maximum atomic E-state index is 13.2. The number of allylic oxidation sites excluding steroid dienone is 1. The number of benzene rings is 2. The molecule has 130 valence electrons. The van der Waals surface area contributed by atoms with Gasteiger partial charge >= 0.3 is 0 Å². The van der Waals surface area contributed by atoms with Gasteiger partial charge in [0.05, 0.1) is 4.91 Å². The predicted octanol–water partition coefficient (Wildman–Crippen LogP) is 4.11. The summed E-state index contributed by atoms with van der Waals surface area (Å²) in [6.45, 7) is 0.298. The molecule has 2 aromatic carbocycles. The van der Waals surface area contributed by atoms with Gasteiger partial charge in [-0.3, -0.25) is 0 Å². The van der Waals surface area contributed by atoms with E-state index in [0.29, 0.717) is 17.9 Å². The standard InChI is InChI=1S/C20H20FNO2S/c21-18-8-5-15(6-9-18)14-22(19-10-11-19)25(23,24)20-12-7-16-3-1-2-4-17(16)13-20/h1-6,8-9,13,19H,7,10-12,14H2. The lowest BCUT2D eigenvalue weighted by atomic mass is 9.98. The first kappa shape index (κ1) is 16.5. The van der Waals surface area contributed by atoms with Crippen LogP contribution in [-0.2, 0) is 23.0 Å². The molecule has 2 aromatic rings. The Bertz CT molecular complexity index is 915. The number of halogens is 1. The molecule has 0 atom stereocenters. The lowest BCUT2D eigenvalue weighted by Crippen LogP contribution is -2.34. The molecule has 1 fully saturated rings. The number of hydrogen-bond donors (Lipinski definition) is 0. The van der Waals surface area contributed by atoms with Crippen molar-refractivity contribution in [2.75, 3.05) is 0 Å². The first-order valence-electron chi connectivity index (χ1n) is 8.59. The van der Waals surface area contributed by atoms with Gasteiger partial charge in [0.25, 0.3) is 0 Å². The fourth-order valence-corrected chi connectivity index (χ4v) is 5.16. The summed E-state index contributed by atoms with van der Waals surface area (Å²) in [7, 11) is -3.51. The van der Waals surface area contributed by atoms with Crippen molar-refractivity contribution in [2.45, 2.75) is 38.3 Å². The Morgan fingerprint density at radius 1 is 1.00 bits per heavy atom. The molecule has 0 amide bonds. The Hall–Kier alpha value is -1.98. The van der Waals surface area contributed by atoms with Crippen LogP contribution in [0.2, 0.25) is 0 Å². The van der Waals surface area contributed by atoms with Gasteiger partial charge in [-0.1, -0.05) is 36.4 Å². The van der Waals surface area contributed by atoms with Gasteiger partial charge in [-0.25, -0.2) is 12.8 Å². The largest absolute Gasteiger partial charge is 0.239 e. The number of aryl methyl sites for hydroxylation is 1. The molecule has 0 saturated heterocycles. The third-order valence-electron chi connectivity index (χ3n) is 4.86. The normalized spacial score (nSPS) is 17.3. The van der Waals surface area contributed by atoms with Crippen molar-refractivity contribution in [3.8, 4) is 0 Å². The molecular weight excluding hydrogens is 337 g/mol. The SMILES string of the molecule is O=S(=O)(C1=Cc2ccccc2CC1)N(Cc1ccc(F)cc1)C1CC1. The fourth-order valence-electron chi connectivity index (χ4n) is 3.30. The third-order valence-corrected chi connectivity index (χ3v) is 6.89. The van der Waals surface area contributed by atoms with Gasteiger partial charge in [0.1, 0.15) is 5.82 Å². The summed E-state index contributed by atoms with van der Waals surface area (Å²) in [6.07, 6.45) is 4.88. The Morgan fingerprint density at radius 3 is 2.44 bits per heavy atom. The van der Waals surface area contributed by atoms with Crippen molar-refractivity contribution >= 4 is 16.1 Å². The fraction of sp³-hybridized carbons (Fsp3) is 0.300. The van der Waals surface area contributed by atoms with Crippen LogP contribution in [0.4, 0.5) is 4.39 Å². The van der Waals surface area contributed by atoms with Gasteiger partial charge in [-0.05, 0) is 60.6 Å². The molecule has 0 N–H and O–H groups in total. The van der Waals surface area contributed by atoms with Crippen molar-refractivity contribution in [2.24, 2.45) is 0 Å². The van der Waals surface area contributed by atoms with Crippen molar-refractivity contribution in [3.63, 3.8) is 0 Å². The zero-order valence-corrected chi connectivity index (χ0v) is 14.7. The van der Waals surface area contributed by atoms with Crippen LogP contribution in [0.3, 0.4) is 0 Å². The molecule has 0 unspecified atom stereocenters. The molecule has 0 aromatic heterocycles. The van der Waals surface area contributed by atoms with Crippen molar-refractivity contribution in [3.05, 3.63) is 75.9 Å². The van der Waals surface area contributed by atoms with Crippen LogP contribution in [0, 0.1) is 5.82 Å². The Labute approximate surface area is 147 Å². The molecule has 1 saturated carbocycles. The van der Waals surface area contributed by atoms with Crippen LogP contribution in [-0.4, -0.2) is 18.8 Å². The van der Waals surface area contributed by atoms with Gasteiger partial charge in [-0.15, -0.1) is 0 Å². The highest BCUT2D eigenvalue weighted by molar-refractivity contribution is 7.93. The Morgan fingerprint density at radius 2 is 1.72 bits per heavy atom. The summed E-state index contributed by atoms with van der Waals surface area (Å²) < 4.78 is 41.2. The van der Waals surface area contributed by atoms with Gasteiger partial charge in [0, 0.05) is 12.6 Å². The molecule has 5 heteroatoms. The topological polar surface area (TPSA) is 37.4 Å². The van der Waals surface area contributed by atoms with Crippen molar-refractivity contribution in [1.29, 1.82) is 0 Å². The molecule has 0 radical (unpaired) electrons. The van der Waals surface area contributed by atoms with Crippen molar-refractivity contribution in [1.82, 2.24) is 4.31 Å². The Balaban J connectivity index is 1.65. The molecular formula is C20H20FNO2S. The predicted molar refractivity (Wildman–Crippen MR) is 96.6 cm³/mol. The van der Waals surface area contributed by atoms with Crippen molar-refractivity contribution < 1.29 is 12.8 Å². The van der Waals surface area contributed by atoms with E-state index < -0.39 is 10.0 Å². The molecule has 0 spiro atoms. The minimum atomic E-state index is -3.51. The summed E-state index contributed by atoms with van der Waals surface area (Å²) >= 11 is 0. The quantitative estimate of drug-likeness (QED) is 0.808. The van der Waals surface area contributed by atoms with E-state index in [4.69, 9.17) is 0 Å². The van der Waals surface area contributed by atoms with E-state index in [1.807, 2.05) is 30.3 Å². The zero-order chi connectivity index (χ0) is 17.4. The smallest absolute Gasteiger partial charge is 0.207 e. The monoisotopic (exact) mass is 357 g/mol. The van der Waals surface area contributed by atoms with Crippen LogP contribution in [0.15, 0.2) is 53.4 Å². The van der Waals surface area contributed by atoms with E-state index in [1.165, 1.54) is 17.7 Å². The molecule has 25 heavy (non-hydrogen) atoms. The van der Waals surface area contributed by atoms with Gasteiger partial charge in [-0.2, -0.15) is 4.31 Å². The molecule has 3 nitrogen and oxygen atoms in total. The van der Waals surface area contributed by atoms with Crippen LogP contribution >= 0.6 is 0 Å². The molecule has 2 aliphatic carbocycles. The van der Waals surface area contributed by atoms with E-state index in [9.17, 15) is 12.8 Å². The summed E-state index contributed by atoms with van der Waals surface area (Å²) in [5, 5.41) is 0. The second-order valence-electron chi connectivity index (χ2n) is 6.72. The van der Waals surface area contributed by atoms with E-state index in [0.717, 1.165) is 30.4 Å². The zero-order valence-electron chi connectivity index (χ0n) is 13.9. The Kier molecular flexibility index (Phi) is 4.21. The van der Waals surface area contributed by atoms with E-state index >= 15 is 0 Å². The first-order chi connectivity index (χ1) is 12.0. The van der Waals surface area contributed by atoms with E-state index in [1.54, 1.807) is 16.4 Å². The summed E-state index contributed by atoms with van der Waals surface area (Å²) in [4.78, 5) is 0.486. The number of nitrogens with zero attached hydrogens (tertiary/aromatic N) is 1. The van der Waals surface area contributed by atoms with Gasteiger partial charge < -0.3 is 0 Å². The summed E-state index contributed by atoms with van der Waals surface area (Å²) in [5.74, 6) is -0.309. The second kappa shape index (κ2) is 6.39. The molecule has 0 aliphatic heterocycles. The number of fused-ring (bicyclic) bond motifs is 1. The minimum Gasteiger partial charge on any atom is -0.207 e. The molecule has 0 heterocycles. The summed E-state index contributed by atoms with van der Waals surface area (Å²) in [5.41, 5.74) is 3.00. The van der Waals surface area contributed by atoms with Crippen LogP contribution < -0.4 is 0 Å². The summed E-state index contributed by atoms with van der Waals surface area (Å²) in [6, 6.07) is 14.1. The number of rotatable bonds is 5. The number of sulfonamides is 1. The van der Waals surface area contributed by atoms with E-state index in [-0.39, 0.29) is 11.9 Å². The highest BCUT2D eigenvalue weighted by atomic mass is 32.2. The lowest BCUT2D eigenvalue weighted by Gasteiger charge is -2.25. The maximum Gasteiger partial charge on any atom is 0.239 e. The van der Waals surface area contributed by atoms with E-state index in [2.05, 4.69) is 0 Å². The average Bonchev–Trinajstić information content (AvgIpc) is 3.45. The second-order valence-corrected chi connectivity index (χ2v) is 8.66. The molecule has 4 rings (SSSR count). The van der Waals surface area contributed by atoms with Crippen LogP contribution in [0.25, 0.3) is 6.08 Å². The van der Waals surface area contributed by atoms with Gasteiger partial charge in [0.15, 0.2) is 0 Å². The third kappa shape index (κ3) is 3.39. The van der Waals surface area contributed by atoms with Crippen LogP contribution in [0.1, 0.15) is 36.0 Å². The first-order valence-corrected chi connectivity index (χ1v) is 10.0. The highest BCUT2D eigenvalue weighted by Gasteiger charge is 2.39. The average molecular weight is 357 g/mol. The highest BCUT2D eigenvalue weighted by Crippen LogP contribution is 2.36.